The Hall–Kier alpha value is -2.75. The number of aliphatic carboxylic acids is 1. The molecule has 2 rings (SSSR count). The number of nitrogen functional groups attached to an aromatic ring is 1. The quantitative estimate of drug-likeness (QED) is 0.417. The van der Waals surface area contributed by atoms with Gasteiger partial charge < -0.3 is 15.6 Å². The topological polar surface area (TPSA) is 132 Å². The average molecular weight is 323 g/mol. The van der Waals surface area contributed by atoms with Crippen LogP contribution >= 0.6 is 11.8 Å². The molecule has 0 spiro atoms. The minimum Gasteiger partial charge on any atom is -0.481 e. The summed E-state index contributed by atoms with van der Waals surface area (Å²) < 4.78 is 13.2. The second-order valence-corrected chi connectivity index (χ2v) is 4.86. The minimum absolute atomic E-state index is 0.0427. The summed E-state index contributed by atoms with van der Waals surface area (Å²) >= 11 is 0.892. The van der Waals surface area contributed by atoms with Gasteiger partial charge in [-0.3, -0.25) is 4.79 Å². The summed E-state index contributed by atoms with van der Waals surface area (Å²) in [5.41, 5.74) is 2.32. The molecule has 0 unspecified atom stereocenters. The highest BCUT2D eigenvalue weighted by Crippen LogP contribution is 2.13. The Morgan fingerprint density at radius 2 is 2.32 bits per heavy atom. The van der Waals surface area contributed by atoms with E-state index >= 15 is 0 Å². The third-order valence-corrected chi connectivity index (χ3v) is 3.21. The Kier molecular flexibility index (Phi) is 4.39. The summed E-state index contributed by atoms with van der Waals surface area (Å²) in [5, 5.41) is 8.85. The van der Waals surface area contributed by atoms with E-state index in [0.717, 1.165) is 11.8 Å². The van der Waals surface area contributed by atoms with Crippen molar-refractivity contribution in [3.05, 3.63) is 30.1 Å². The van der Waals surface area contributed by atoms with E-state index in [4.69, 9.17) is 6.52 Å². The lowest BCUT2D eigenvalue weighted by Crippen LogP contribution is -2.34. The van der Waals surface area contributed by atoms with Crippen LogP contribution in [-0.2, 0) is 9.53 Å². The van der Waals surface area contributed by atoms with Crippen molar-refractivity contribution >= 4 is 29.6 Å². The Morgan fingerprint density at radius 3 is 3.00 bits per heavy atom. The molecule has 2 heterocycles. The number of carbonyl (C=O) groups is 2. The maximum absolute atomic E-state index is 11.6. The first-order chi connectivity index (χ1) is 11.0. The van der Waals surface area contributed by atoms with Crippen LogP contribution in [-0.4, -0.2) is 44.9 Å². The monoisotopic (exact) mass is 323 g/mol. The second-order valence-electron chi connectivity index (χ2n) is 3.92. The molecule has 10 heteroatoms. The molecule has 0 aliphatic heterocycles. The lowest BCUT2D eigenvalue weighted by Gasteiger charge is -2.01. The summed E-state index contributed by atoms with van der Waals surface area (Å²) in [7, 11) is 1.27. The van der Waals surface area contributed by atoms with Gasteiger partial charge in [-0.25, -0.2) is 9.36 Å². The SMILES string of the molecule is [2H]Nc1nc(SCC(=O)O)nc(-[n+]2cccc(C(=O)OC)c2)n1. The fourth-order valence-electron chi connectivity index (χ4n) is 1.49. The fraction of sp³-hybridized carbons (Fsp3) is 0.167. The molecule has 114 valence electrons. The molecule has 2 aromatic heterocycles. The maximum Gasteiger partial charge on any atom is 0.443 e. The van der Waals surface area contributed by atoms with Gasteiger partial charge in [-0.15, -0.1) is 0 Å². The van der Waals surface area contributed by atoms with Crippen LogP contribution < -0.4 is 10.3 Å². The first-order valence-electron chi connectivity index (χ1n) is 6.42. The number of carbonyl (C=O) groups excluding carboxylic acids is 1. The van der Waals surface area contributed by atoms with Gasteiger partial charge in [0.1, 0.15) is 5.75 Å². The first-order valence-corrected chi connectivity index (χ1v) is 6.90. The fourth-order valence-corrected chi connectivity index (χ4v) is 2.04. The number of nitrogens with two attached hydrogens (primary N) is 1. The smallest absolute Gasteiger partial charge is 0.443 e. The highest BCUT2D eigenvalue weighted by atomic mass is 32.2. The zero-order valence-electron chi connectivity index (χ0n) is 12.4. The highest BCUT2D eigenvalue weighted by molar-refractivity contribution is 7.99. The van der Waals surface area contributed by atoms with E-state index in [-0.39, 0.29) is 28.4 Å². The van der Waals surface area contributed by atoms with Crippen LogP contribution in [0.4, 0.5) is 5.95 Å². The van der Waals surface area contributed by atoms with Crippen molar-refractivity contribution in [3.63, 3.8) is 0 Å². The number of carboxylic acid groups (broad SMARTS) is 1. The summed E-state index contributed by atoms with van der Waals surface area (Å²) in [6.45, 7) is 0. The number of carboxylic acids is 1. The number of nitrogens with zero attached hydrogens (tertiary/aromatic N) is 4. The van der Waals surface area contributed by atoms with E-state index < -0.39 is 11.9 Å². The maximum atomic E-state index is 11.6. The predicted octanol–water partition coefficient (Wildman–Crippen LogP) is -0.306. The number of thioether (sulfide) groups is 1. The molecular formula is C12H12N5O4S+. The molecule has 2 aromatic rings. The molecule has 0 atom stereocenters. The van der Waals surface area contributed by atoms with Gasteiger partial charge in [-0.1, -0.05) is 11.8 Å². The molecule has 0 radical (unpaired) electrons. The van der Waals surface area contributed by atoms with E-state index in [1.54, 1.807) is 18.3 Å². The number of pyridine rings is 1. The molecule has 0 bridgehead atoms. The van der Waals surface area contributed by atoms with E-state index in [9.17, 15) is 9.59 Å². The van der Waals surface area contributed by atoms with Crippen LogP contribution in [0.1, 0.15) is 10.4 Å². The Morgan fingerprint density at radius 1 is 1.50 bits per heavy atom. The molecular weight excluding hydrogens is 310 g/mol. The largest absolute Gasteiger partial charge is 0.481 e. The van der Waals surface area contributed by atoms with Crippen molar-refractivity contribution in [3.8, 4) is 5.95 Å². The van der Waals surface area contributed by atoms with Gasteiger partial charge in [-0.2, -0.15) is 4.98 Å². The average Bonchev–Trinajstić information content (AvgIpc) is 2.59. The lowest BCUT2D eigenvalue weighted by atomic mass is 10.3. The van der Waals surface area contributed by atoms with Gasteiger partial charge >= 0.3 is 23.8 Å². The molecule has 0 aliphatic carbocycles. The number of hydrogen-bond acceptors (Lipinski definition) is 8. The summed E-state index contributed by atoms with van der Waals surface area (Å²) in [4.78, 5) is 34.2. The van der Waals surface area contributed by atoms with E-state index in [1.165, 1.54) is 17.9 Å². The molecule has 0 amide bonds. The number of ether oxygens (including phenoxy) is 1. The van der Waals surface area contributed by atoms with Crippen LogP contribution in [0.25, 0.3) is 5.95 Å². The van der Waals surface area contributed by atoms with Crippen molar-refractivity contribution in [2.45, 2.75) is 5.16 Å². The number of aromatic nitrogens is 4. The van der Waals surface area contributed by atoms with Gasteiger partial charge in [0.2, 0.25) is 0 Å². The highest BCUT2D eigenvalue weighted by Gasteiger charge is 2.18. The van der Waals surface area contributed by atoms with Crippen LogP contribution in [0, 0.1) is 0 Å². The molecule has 0 aliphatic rings. The van der Waals surface area contributed by atoms with Gasteiger partial charge in [-0.05, 0) is 22.1 Å². The number of methoxy groups -OCH3 is 1. The van der Waals surface area contributed by atoms with E-state index in [0.29, 0.717) is 0 Å². The van der Waals surface area contributed by atoms with Crippen molar-refractivity contribution < 1.29 is 25.4 Å². The van der Waals surface area contributed by atoms with Gasteiger partial charge in [0.15, 0.2) is 1.41 Å². The molecule has 0 saturated heterocycles. The van der Waals surface area contributed by atoms with Crippen LogP contribution in [0.2, 0.25) is 1.41 Å². The third kappa shape index (κ3) is 3.88. The van der Waals surface area contributed by atoms with Crippen molar-refractivity contribution in [1.82, 2.24) is 15.0 Å². The molecule has 22 heavy (non-hydrogen) atoms. The number of esters is 1. The number of rotatable bonds is 6. The lowest BCUT2D eigenvalue weighted by molar-refractivity contribution is -0.604. The standard InChI is InChI=1S/C12H11N5O4S/c1-21-9(20)7-3-2-4-17(5-7)11-14-10(13)15-12(16-11)22-6-8(18)19/h2-5H,6H2,1H3,(H2-,13,14,15,16,18,19)/p+1/i/hD. The molecule has 3 N–H and O–H groups in total. The Balaban J connectivity index is 2.39. The van der Waals surface area contributed by atoms with Gasteiger partial charge in [0.25, 0.3) is 5.16 Å². The van der Waals surface area contributed by atoms with Crippen molar-refractivity contribution in [2.75, 3.05) is 18.6 Å². The Labute approximate surface area is 130 Å². The zero-order chi connectivity index (χ0) is 16.8. The second kappa shape index (κ2) is 6.80. The normalized spacial score (nSPS) is 10.7. The van der Waals surface area contributed by atoms with E-state index in [2.05, 4.69) is 19.7 Å². The Bertz CT molecular complexity index is 745. The molecule has 0 saturated carbocycles. The van der Waals surface area contributed by atoms with E-state index in [1.807, 2.05) is 5.73 Å². The van der Waals surface area contributed by atoms with Crippen LogP contribution in [0.3, 0.4) is 0 Å². The van der Waals surface area contributed by atoms with Crippen molar-refractivity contribution in [1.29, 1.82) is 0 Å². The molecule has 0 fully saturated rings. The predicted molar refractivity (Wildman–Crippen MR) is 75.5 cm³/mol. The number of hydrogen-bond donors (Lipinski definition) is 2. The molecule has 0 aromatic carbocycles. The van der Waals surface area contributed by atoms with Crippen LogP contribution in [0.15, 0.2) is 29.7 Å². The van der Waals surface area contributed by atoms with Crippen molar-refractivity contribution in [2.24, 2.45) is 0 Å². The van der Waals surface area contributed by atoms with Gasteiger partial charge in [0, 0.05) is 0 Å². The summed E-state index contributed by atoms with van der Waals surface area (Å²) in [6, 6.07) is 3.17. The summed E-state index contributed by atoms with van der Waals surface area (Å²) in [5.74, 6) is -1.68. The van der Waals surface area contributed by atoms with Gasteiger partial charge in [0.05, 0.1) is 25.1 Å². The first kappa shape index (κ1) is 14.2. The summed E-state index contributed by atoms with van der Waals surface area (Å²) in [6.07, 6.45) is 3.06. The zero-order valence-corrected chi connectivity index (χ0v) is 12.2. The molecule has 9 nitrogen and oxygen atoms in total. The van der Waals surface area contributed by atoms with Crippen LogP contribution in [0.5, 0.6) is 0 Å². The number of anilines is 1. The minimum atomic E-state index is -1.02. The third-order valence-electron chi connectivity index (χ3n) is 2.38.